The Labute approximate surface area is 111 Å². The van der Waals surface area contributed by atoms with E-state index in [1.807, 2.05) is 30.6 Å². The summed E-state index contributed by atoms with van der Waals surface area (Å²) >= 11 is 1.61. The number of rotatable bonds is 4. The summed E-state index contributed by atoms with van der Waals surface area (Å²) in [5.74, 6) is 6.56. The molecule has 96 valence electrons. The van der Waals surface area contributed by atoms with Crippen molar-refractivity contribution in [2.75, 3.05) is 7.11 Å². The van der Waals surface area contributed by atoms with E-state index >= 15 is 0 Å². The predicted molar refractivity (Wildman–Crippen MR) is 73.7 cm³/mol. The van der Waals surface area contributed by atoms with Gasteiger partial charge in [-0.25, -0.2) is 10.4 Å². The first-order valence-electron chi connectivity index (χ1n) is 5.68. The molecule has 0 spiro atoms. The number of hydrogen-bond donors (Lipinski definition) is 2. The van der Waals surface area contributed by atoms with Crippen molar-refractivity contribution < 1.29 is 4.74 Å². The Morgan fingerprint density at radius 3 is 2.67 bits per heavy atom. The maximum absolute atomic E-state index is 5.70. The molecule has 1 atom stereocenters. The van der Waals surface area contributed by atoms with E-state index in [0.29, 0.717) is 0 Å². The highest BCUT2D eigenvalue weighted by Gasteiger charge is 2.18. The van der Waals surface area contributed by atoms with Crippen molar-refractivity contribution in [3.8, 4) is 5.75 Å². The fraction of sp³-hybridized carbons (Fsp3) is 0.308. The topological polar surface area (TPSA) is 60.2 Å². The van der Waals surface area contributed by atoms with Crippen LogP contribution in [0.15, 0.2) is 23.7 Å². The van der Waals surface area contributed by atoms with Gasteiger partial charge in [0.2, 0.25) is 0 Å². The molecule has 0 radical (unpaired) electrons. The van der Waals surface area contributed by atoms with Gasteiger partial charge in [-0.2, -0.15) is 0 Å². The number of nitrogens with zero attached hydrogens (tertiary/aromatic N) is 1. The summed E-state index contributed by atoms with van der Waals surface area (Å²) in [4.78, 5) is 5.42. The summed E-state index contributed by atoms with van der Waals surface area (Å²) < 4.78 is 5.22. The molecule has 1 aromatic heterocycles. The maximum Gasteiger partial charge on any atom is 0.119 e. The largest absolute Gasteiger partial charge is 0.497 e. The number of ether oxygens (including phenoxy) is 1. The molecule has 0 amide bonds. The molecule has 2 aromatic rings. The lowest BCUT2D eigenvalue weighted by Crippen LogP contribution is -2.29. The highest BCUT2D eigenvalue weighted by atomic mass is 32.1. The highest BCUT2D eigenvalue weighted by molar-refractivity contribution is 7.09. The standard InChI is InChI=1S/C13H17N3OS/c1-8-6-10(17-3)4-5-11(8)12(16-14)13-9(2)15-7-18-13/h4-7,12,16H,14H2,1-3H3. The molecule has 1 unspecified atom stereocenters. The Kier molecular flexibility index (Phi) is 3.96. The zero-order chi connectivity index (χ0) is 13.1. The molecule has 0 aliphatic rings. The molecule has 0 saturated heterocycles. The average molecular weight is 263 g/mol. The molecule has 0 saturated carbocycles. The van der Waals surface area contributed by atoms with Gasteiger partial charge in [0.25, 0.3) is 0 Å². The zero-order valence-electron chi connectivity index (χ0n) is 10.7. The first-order valence-corrected chi connectivity index (χ1v) is 6.56. The second-order valence-corrected chi connectivity index (χ2v) is 5.01. The Bertz CT molecular complexity index is 539. The van der Waals surface area contributed by atoms with Gasteiger partial charge in [0, 0.05) is 0 Å². The summed E-state index contributed by atoms with van der Waals surface area (Å²) in [6.45, 7) is 4.05. The molecule has 2 rings (SSSR count). The van der Waals surface area contributed by atoms with Gasteiger partial charge in [-0.15, -0.1) is 11.3 Å². The lowest BCUT2D eigenvalue weighted by molar-refractivity contribution is 0.414. The molecular formula is C13H17N3OS. The number of nitrogens with one attached hydrogen (secondary N) is 1. The molecule has 0 fully saturated rings. The van der Waals surface area contributed by atoms with Crippen LogP contribution in [0.1, 0.15) is 27.7 Å². The van der Waals surface area contributed by atoms with Gasteiger partial charge in [-0.05, 0) is 37.1 Å². The number of nitrogens with two attached hydrogens (primary N) is 1. The van der Waals surface area contributed by atoms with E-state index in [0.717, 1.165) is 27.4 Å². The van der Waals surface area contributed by atoms with Crippen molar-refractivity contribution in [2.45, 2.75) is 19.9 Å². The first-order chi connectivity index (χ1) is 8.67. The molecule has 0 aliphatic carbocycles. The van der Waals surface area contributed by atoms with Gasteiger partial charge in [0.15, 0.2) is 0 Å². The van der Waals surface area contributed by atoms with Crippen LogP contribution >= 0.6 is 11.3 Å². The predicted octanol–water partition coefficient (Wildman–Crippen LogP) is 2.32. The van der Waals surface area contributed by atoms with Gasteiger partial charge < -0.3 is 4.74 Å². The van der Waals surface area contributed by atoms with E-state index in [2.05, 4.69) is 17.3 Å². The van der Waals surface area contributed by atoms with Gasteiger partial charge in [0.1, 0.15) is 5.75 Å². The lowest BCUT2D eigenvalue weighted by Gasteiger charge is -2.18. The van der Waals surface area contributed by atoms with E-state index < -0.39 is 0 Å². The lowest BCUT2D eigenvalue weighted by atomic mass is 9.99. The second-order valence-electron chi connectivity index (χ2n) is 4.12. The minimum Gasteiger partial charge on any atom is -0.497 e. The van der Waals surface area contributed by atoms with Crippen LogP contribution in [0, 0.1) is 13.8 Å². The Morgan fingerprint density at radius 1 is 1.39 bits per heavy atom. The van der Waals surface area contributed by atoms with E-state index in [4.69, 9.17) is 10.6 Å². The summed E-state index contributed by atoms with van der Waals surface area (Å²) in [5, 5.41) is 0. The Hall–Kier alpha value is -1.43. The number of thiazole rings is 1. The summed E-state index contributed by atoms with van der Waals surface area (Å²) in [5.41, 5.74) is 8.01. The number of aryl methyl sites for hydroxylation is 2. The Balaban J connectivity index is 2.42. The van der Waals surface area contributed by atoms with E-state index in [-0.39, 0.29) is 6.04 Å². The third kappa shape index (κ3) is 2.38. The molecule has 4 nitrogen and oxygen atoms in total. The van der Waals surface area contributed by atoms with Crippen LogP contribution in [-0.2, 0) is 0 Å². The number of hydrazine groups is 1. The third-order valence-corrected chi connectivity index (χ3v) is 4.00. The zero-order valence-corrected chi connectivity index (χ0v) is 11.5. The molecule has 5 heteroatoms. The summed E-state index contributed by atoms with van der Waals surface area (Å²) in [6, 6.07) is 5.97. The van der Waals surface area contributed by atoms with Crippen molar-refractivity contribution >= 4 is 11.3 Å². The van der Waals surface area contributed by atoms with Crippen LogP contribution in [0.25, 0.3) is 0 Å². The number of methoxy groups -OCH3 is 1. The van der Waals surface area contributed by atoms with Crippen molar-refractivity contribution in [3.63, 3.8) is 0 Å². The maximum atomic E-state index is 5.70. The van der Waals surface area contributed by atoms with Crippen molar-refractivity contribution in [1.29, 1.82) is 0 Å². The van der Waals surface area contributed by atoms with E-state index in [9.17, 15) is 0 Å². The third-order valence-electron chi connectivity index (χ3n) is 3.00. The van der Waals surface area contributed by atoms with E-state index in [1.165, 1.54) is 0 Å². The number of hydrogen-bond acceptors (Lipinski definition) is 5. The van der Waals surface area contributed by atoms with Crippen molar-refractivity contribution in [2.24, 2.45) is 5.84 Å². The minimum absolute atomic E-state index is 0.0246. The van der Waals surface area contributed by atoms with Gasteiger partial charge in [-0.1, -0.05) is 6.07 Å². The van der Waals surface area contributed by atoms with Gasteiger partial charge >= 0.3 is 0 Å². The molecule has 1 aromatic carbocycles. The van der Waals surface area contributed by atoms with Crippen LogP contribution in [0.2, 0.25) is 0 Å². The van der Waals surface area contributed by atoms with Crippen LogP contribution < -0.4 is 16.0 Å². The number of aromatic nitrogens is 1. The summed E-state index contributed by atoms with van der Waals surface area (Å²) in [6.07, 6.45) is 0. The second kappa shape index (κ2) is 5.48. The first kappa shape index (κ1) is 13.0. The number of benzene rings is 1. The molecule has 0 aliphatic heterocycles. The summed E-state index contributed by atoms with van der Waals surface area (Å²) in [7, 11) is 1.67. The SMILES string of the molecule is COc1ccc(C(NN)c2scnc2C)c(C)c1. The molecule has 1 heterocycles. The normalized spacial score (nSPS) is 12.4. The highest BCUT2D eigenvalue weighted by Crippen LogP contribution is 2.30. The van der Waals surface area contributed by atoms with Crippen LogP contribution in [0.3, 0.4) is 0 Å². The smallest absolute Gasteiger partial charge is 0.119 e. The minimum atomic E-state index is -0.0246. The fourth-order valence-electron chi connectivity index (χ4n) is 1.99. The molecular weight excluding hydrogens is 246 g/mol. The van der Waals surface area contributed by atoms with Crippen LogP contribution in [0.4, 0.5) is 0 Å². The fourth-order valence-corrected chi connectivity index (χ4v) is 2.87. The van der Waals surface area contributed by atoms with Gasteiger partial charge in [-0.3, -0.25) is 5.84 Å². The Morgan fingerprint density at radius 2 is 2.17 bits per heavy atom. The van der Waals surface area contributed by atoms with Crippen molar-refractivity contribution in [1.82, 2.24) is 10.4 Å². The quantitative estimate of drug-likeness (QED) is 0.656. The van der Waals surface area contributed by atoms with Crippen LogP contribution in [-0.4, -0.2) is 12.1 Å². The van der Waals surface area contributed by atoms with E-state index in [1.54, 1.807) is 18.4 Å². The van der Waals surface area contributed by atoms with Gasteiger partial charge in [0.05, 0.1) is 29.2 Å². The molecule has 0 bridgehead atoms. The molecule has 18 heavy (non-hydrogen) atoms. The van der Waals surface area contributed by atoms with Crippen molar-refractivity contribution in [3.05, 3.63) is 45.4 Å². The van der Waals surface area contributed by atoms with Crippen LogP contribution in [0.5, 0.6) is 5.75 Å². The average Bonchev–Trinajstić information content (AvgIpc) is 2.78. The monoisotopic (exact) mass is 263 g/mol. The molecule has 3 N–H and O–H groups in total.